The molecule has 6 heteroatoms. The highest BCUT2D eigenvalue weighted by molar-refractivity contribution is 6.22. The van der Waals surface area contributed by atoms with E-state index in [1.54, 1.807) is 17.0 Å². The van der Waals surface area contributed by atoms with Gasteiger partial charge in [-0.05, 0) is 23.6 Å². The average Bonchev–Trinajstić information content (AvgIpc) is 2.96. The molecule has 0 aromatic heterocycles. The van der Waals surface area contributed by atoms with Crippen molar-refractivity contribution in [3.63, 3.8) is 0 Å². The summed E-state index contributed by atoms with van der Waals surface area (Å²) in [6.07, 6.45) is 0.715. The third-order valence-electron chi connectivity index (χ3n) is 6.26. The molecule has 2 aromatic rings. The van der Waals surface area contributed by atoms with E-state index in [2.05, 4.69) is 6.07 Å². The molecule has 2 aliphatic heterocycles. The molecule has 0 saturated carbocycles. The van der Waals surface area contributed by atoms with Crippen LogP contribution in [0.5, 0.6) is 0 Å². The smallest absolute Gasteiger partial charge is 0.252 e. The molecular weight excluding hydrogens is 390 g/mol. The number of rotatable bonds is 1. The maximum Gasteiger partial charge on any atom is 0.252 e. The molecular formula is C25H21N3O3. The summed E-state index contributed by atoms with van der Waals surface area (Å²) in [7, 11) is 0. The topological polar surface area (TPSA) is 96.4 Å². The zero-order valence-corrected chi connectivity index (χ0v) is 17.3. The number of carbonyl (C=O) groups is 2. The largest absolute Gasteiger partial charge is 0.444 e. The highest BCUT2D eigenvalue weighted by Crippen LogP contribution is 2.58. The summed E-state index contributed by atoms with van der Waals surface area (Å²) in [5.74, 6) is -0.312. The second kappa shape index (κ2) is 6.32. The van der Waals surface area contributed by atoms with Gasteiger partial charge in [0.05, 0.1) is 11.3 Å². The Bertz CT molecular complexity index is 1250. The third-order valence-corrected chi connectivity index (χ3v) is 6.26. The van der Waals surface area contributed by atoms with Crippen LogP contribution in [-0.4, -0.2) is 11.7 Å². The Balaban J connectivity index is 1.87. The summed E-state index contributed by atoms with van der Waals surface area (Å²) < 4.78 is 5.81. The van der Waals surface area contributed by atoms with Crippen LogP contribution in [0.15, 0.2) is 77.4 Å². The van der Waals surface area contributed by atoms with Crippen molar-refractivity contribution in [2.24, 2.45) is 11.1 Å². The van der Waals surface area contributed by atoms with Gasteiger partial charge >= 0.3 is 0 Å². The molecule has 2 N–H and O–H groups in total. The highest BCUT2D eigenvalue weighted by Gasteiger charge is 2.63. The first kappa shape index (κ1) is 19.1. The van der Waals surface area contributed by atoms with Gasteiger partial charge in [-0.25, -0.2) is 0 Å². The molecule has 31 heavy (non-hydrogen) atoms. The number of nitriles is 1. The van der Waals surface area contributed by atoms with E-state index in [4.69, 9.17) is 10.5 Å². The number of ether oxygens (including phenoxy) is 1. The van der Waals surface area contributed by atoms with Crippen LogP contribution in [0.2, 0.25) is 0 Å². The van der Waals surface area contributed by atoms with E-state index in [-0.39, 0.29) is 40.6 Å². The Morgan fingerprint density at radius 3 is 2.42 bits per heavy atom. The summed E-state index contributed by atoms with van der Waals surface area (Å²) in [5, 5.41) is 10.1. The molecule has 2 heterocycles. The zero-order valence-electron chi connectivity index (χ0n) is 17.3. The number of nitrogens with two attached hydrogens (primary N) is 1. The standard InChI is InChI=1S/C25H21N3O3/c1-24(2)12-19(29)21-20(13-24)31-22(27)17(14-26)25(21)16-10-6-7-11-18(16)28(23(25)30)15-8-4-3-5-9-15/h3-11H,12-13,27H2,1-2H3. The second-order valence-electron chi connectivity index (χ2n) is 8.94. The van der Waals surface area contributed by atoms with Crippen molar-refractivity contribution in [2.45, 2.75) is 32.1 Å². The predicted octanol–water partition coefficient (Wildman–Crippen LogP) is 3.97. The molecule has 1 atom stereocenters. The van der Waals surface area contributed by atoms with Gasteiger partial charge in [0.2, 0.25) is 5.88 Å². The molecule has 3 aliphatic rings. The van der Waals surface area contributed by atoms with E-state index >= 15 is 0 Å². The first-order valence-corrected chi connectivity index (χ1v) is 10.2. The van der Waals surface area contributed by atoms with E-state index in [1.807, 2.05) is 56.3 Å². The minimum atomic E-state index is -1.60. The van der Waals surface area contributed by atoms with Crippen LogP contribution in [0.25, 0.3) is 0 Å². The number of amides is 1. The monoisotopic (exact) mass is 411 g/mol. The van der Waals surface area contributed by atoms with E-state index in [9.17, 15) is 14.9 Å². The molecule has 6 nitrogen and oxygen atoms in total. The number of Topliss-reactive ketones (excluding diaryl/α,β-unsaturated/α-hetero) is 1. The summed E-state index contributed by atoms with van der Waals surface area (Å²) in [4.78, 5) is 29.3. The second-order valence-corrected chi connectivity index (χ2v) is 8.94. The van der Waals surface area contributed by atoms with Crippen molar-refractivity contribution < 1.29 is 14.3 Å². The Morgan fingerprint density at radius 1 is 1.03 bits per heavy atom. The molecule has 1 amide bonds. The number of carbonyl (C=O) groups excluding carboxylic acids is 2. The molecule has 0 radical (unpaired) electrons. The summed E-state index contributed by atoms with van der Waals surface area (Å²) in [5.41, 5.74) is 6.35. The molecule has 1 unspecified atom stereocenters. The molecule has 0 fully saturated rings. The summed E-state index contributed by atoms with van der Waals surface area (Å²) in [6, 6.07) is 18.6. The molecule has 2 aromatic carbocycles. The normalized spacial score (nSPS) is 24.1. The number of ketones is 1. The predicted molar refractivity (Wildman–Crippen MR) is 115 cm³/mol. The van der Waals surface area contributed by atoms with Gasteiger partial charge in [0.15, 0.2) is 5.78 Å². The van der Waals surface area contributed by atoms with Gasteiger partial charge in [0.1, 0.15) is 22.8 Å². The highest BCUT2D eigenvalue weighted by atomic mass is 16.5. The van der Waals surface area contributed by atoms with Crippen LogP contribution in [0.3, 0.4) is 0 Å². The van der Waals surface area contributed by atoms with Gasteiger partial charge in [0.25, 0.3) is 5.91 Å². The quantitative estimate of drug-likeness (QED) is 0.766. The summed E-state index contributed by atoms with van der Waals surface area (Å²) >= 11 is 0. The molecule has 1 aliphatic carbocycles. The zero-order chi connectivity index (χ0) is 22.0. The maximum absolute atomic E-state index is 14.3. The fourth-order valence-electron chi connectivity index (χ4n) is 5.10. The van der Waals surface area contributed by atoms with Crippen molar-refractivity contribution in [1.82, 2.24) is 0 Å². The van der Waals surface area contributed by atoms with Crippen LogP contribution in [-0.2, 0) is 19.7 Å². The minimum absolute atomic E-state index is 0.0322. The van der Waals surface area contributed by atoms with Crippen LogP contribution in [0, 0.1) is 16.7 Å². The fraction of sp³-hybridized carbons (Fsp3) is 0.240. The van der Waals surface area contributed by atoms with Gasteiger partial charge in [-0.2, -0.15) is 5.26 Å². The molecule has 0 bridgehead atoms. The molecule has 5 rings (SSSR count). The van der Waals surface area contributed by atoms with Gasteiger partial charge < -0.3 is 10.5 Å². The first-order chi connectivity index (χ1) is 14.8. The van der Waals surface area contributed by atoms with Gasteiger partial charge in [-0.1, -0.05) is 50.2 Å². The van der Waals surface area contributed by atoms with Gasteiger partial charge in [-0.15, -0.1) is 0 Å². The van der Waals surface area contributed by atoms with Crippen molar-refractivity contribution in [3.05, 3.63) is 82.9 Å². The number of anilines is 2. The average molecular weight is 411 g/mol. The lowest BCUT2D eigenvalue weighted by molar-refractivity contribution is -0.125. The minimum Gasteiger partial charge on any atom is -0.444 e. The van der Waals surface area contributed by atoms with Gasteiger partial charge in [0, 0.05) is 24.1 Å². The fourth-order valence-corrected chi connectivity index (χ4v) is 5.10. The molecule has 0 saturated heterocycles. The van der Waals surface area contributed by atoms with Crippen LogP contribution >= 0.6 is 0 Å². The van der Waals surface area contributed by atoms with Crippen LogP contribution in [0.1, 0.15) is 32.3 Å². The van der Waals surface area contributed by atoms with Crippen molar-refractivity contribution in [1.29, 1.82) is 5.26 Å². The Hall–Kier alpha value is -3.85. The van der Waals surface area contributed by atoms with E-state index in [0.717, 1.165) is 0 Å². The van der Waals surface area contributed by atoms with E-state index in [0.29, 0.717) is 29.1 Å². The third kappa shape index (κ3) is 2.43. The number of fused-ring (bicyclic) bond motifs is 3. The summed E-state index contributed by atoms with van der Waals surface area (Å²) in [6.45, 7) is 3.95. The number of hydrogen-bond acceptors (Lipinski definition) is 5. The number of hydrogen-bond donors (Lipinski definition) is 1. The van der Waals surface area contributed by atoms with E-state index in [1.165, 1.54) is 0 Å². The Morgan fingerprint density at radius 2 is 1.71 bits per heavy atom. The number of nitrogens with zero attached hydrogens (tertiary/aromatic N) is 2. The lowest BCUT2D eigenvalue weighted by Crippen LogP contribution is -2.49. The maximum atomic E-state index is 14.3. The van der Waals surface area contributed by atoms with Crippen molar-refractivity contribution in [3.8, 4) is 6.07 Å². The molecule has 1 spiro atoms. The van der Waals surface area contributed by atoms with Crippen LogP contribution < -0.4 is 10.6 Å². The number of benzene rings is 2. The Labute approximate surface area is 180 Å². The van der Waals surface area contributed by atoms with Crippen molar-refractivity contribution in [2.75, 3.05) is 4.90 Å². The van der Waals surface area contributed by atoms with E-state index < -0.39 is 5.41 Å². The van der Waals surface area contributed by atoms with Gasteiger partial charge in [-0.3, -0.25) is 14.5 Å². The number of allylic oxidation sites excluding steroid dienone is 1. The van der Waals surface area contributed by atoms with Crippen LogP contribution in [0.4, 0.5) is 11.4 Å². The number of para-hydroxylation sites is 2. The first-order valence-electron chi connectivity index (χ1n) is 10.2. The Kier molecular flexibility index (Phi) is 3.90. The van der Waals surface area contributed by atoms with Crippen molar-refractivity contribution >= 4 is 23.1 Å². The lowest BCUT2D eigenvalue weighted by Gasteiger charge is -2.41. The molecule has 154 valence electrons. The SMILES string of the molecule is CC1(C)CC(=O)C2=C(C1)OC(N)=C(C#N)C21C(=O)N(c2ccccc2)c2ccccc21. The lowest BCUT2D eigenvalue weighted by atomic mass is 9.62.